The van der Waals surface area contributed by atoms with E-state index in [4.69, 9.17) is 9.47 Å². The van der Waals surface area contributed by atoms with Crippen LogP contribution in [-0.2, 0) is 15.9 Å². The molecule has 0 spiro atoms. The highest BCUT2D eigenvalue weighted by molar-refractivity contribution is 9.10. The molecule has 0 bridgehead atoms. The van der Waals surface area contributed by atoms with Crippen LogP contribution in [0.15, 0.2) is 41.0 Å². The van der Waals surface area contributed by atoms with Gasteiger partial charge in [0, 0.05) is 31.3 Å². The van der Waals surface area contributed by atoms with Gasteiger partial charge in [0.15, 0.2) is 0 Å². The molecule has 19 heavy (non-hydrogen) atoms. The Labute approximate surface area is 120 Å². The van der Waals surface area contributed by atoms with Gasteiger partial charge in [-0.3, -0.25) is 0 Å². The highest BCUT2D eigenvalue weighted by Gasteiger charge is 2.11. The fraction of sp³-hybridized carbons (Fsp3) is 0.286. The van der Waals surface area contributed by atoms with Crippen LogP contribution in [0.2, 0.25) is 0 Å². The third-order valence-corrected chi connectivity index (χ3v) is 3.20. The van der Waals surface area contributed by atoms with E-state index in [-0.39, 0.29) is 0 Å². The molecule has 0 N–H and O–H groups in total. The number of halogens is 1. The fourth-order valence-corrected chi connectivity index (χ4v) is 2.02. The minimum Gasteiger partial charge on any atom is -0.350 e. The van der Waals surface area contributed by atoms with E-state index >= 15 is 0 Å². The zero-order chi connectivity index (χ0) is 13.7. The number of nitrogens with zero attached hydrogens (tertiary/aromatic N) is 2. The fourth-order valence-electron chi connectivity index (χ4n) is 1.75. The highest BCUT2D eigenvalue weighted by atomic mass is 79.9. The molecule has 0 unspecified atom stereocenters. The van der Waals surface area contributed by atoms with Crippen molar-refractivity contribution in [1.29, 1.82) is 0 Å². The van der Waals surface area contributed by atoms with Gasteiger partial charge < -0.3 is 9.47 Å². The van der Waals surface area contributed by atoms with Gasteiger partial charge in [0.1, 0.15) is 5.82 Å². The van der Waals surface area contributed by atoms with E-state index in [1.54, 1.807) is 26.5 Å². The van der Waals surface area contributed by atoms with Crippen LogP contribution in [0.1, 0.15) is 23.4 Å². The minimum absolute atomic E-state index is 0.452. The first-order valence-corrected chi connectivity index (χ1v) is 6.64. The summed E-state index contributed by atoms with van der Waals surface area (Å²) in [6, 6.07) is 9.90. The van der Waals surface area contributed by atoms with Crippen molar-refractivity contribution in [2.75, 3.05) is 14.2 Å². The second kappa shape index (κ2) is 6.75. The summed E-state index contributed by atoms with van der Waals surface area (Å²) >= 11 is 3.42. The van der Waals surface area contributed by atoms with E-state index in [1.807, 2.05) is 24.3 Å². The van der Waals surface area contributed by atoms with Gasteiger partial charge in [-0.2, -0.15) is 0 Å². The normalized spacial score (nSPS) is 10.9. The lowest BCUT2D eigenvalue weighted by Crippen LogP contribution is -2.08. The summed E-state index contributed by atoms with van der Waals surface area (Å²) in [6.45, 7) is 0. The maximum absolute atomic E-state index is 5.19. The predicted octanol–water partition coefficient (Wildman–Crippen LogP) is 3.12. The third kappa shape index (κ3) is 3.83. The Morgan fingerprint density at radius 2 is 1.79 bits per heavy atom. The van der Waals surface area contributed by atoms with Crippen LogP contribution in [0.4, 0.5) is 0 Å². The summed E-state index contributed by atoms with van der Waals surface area (Å²) in [5.74, 6) is 0.749. The molecule has 2 aromatic rings. The molecule has 0 aliphatic carbocycles. The van der Waals surface area contributed by atoms with Crippen molar-refractivity contribution in [3.05, 3.63) is 58.1 Å². The van der Waals surface area contributed by atoms with Crippen molar-refractivity contribution < 1.29 is 9.47 Å². The molecule has 0 fully saturated rings. The van der Waals surface area contributed by atoms with Crippen LogP contribution in [0.5, 0.6) is 0 Å². The molecule has 0 atom stereocenters. The minimum atomic E-state index is -0.452. The zero-order valence-electron chi connectivity index (χ0n) is 10.8. The summed E-state index contributed by atoms with van der Waals surface area (Å²) < 4.78 is 11.4. The number of hydrogen-bond donors (Lipinski definition) is 0. The second-order valence-corrected chi connectivity index (χ2v) is 4.92. The first-order valence-electron chi connectivity index (χ1n) is 5.85. The highest BCUT2D eigenvalue weighted by Crippen LogP contribution is 2.16. The lowest BCUT2D eigenvalue weighted by atomic mass is 10.1. The van der Waals surface area contributed by atoms with E-state index in [0.717, 1.165) is 21.6 Å². The Morgan fingerprint density at radius 3 is 2.42 bits per heavy atom. The molecule has 0 aliphatic rings. The topological polar surface area (TPSA) is 44.2 Å². The molecule has 5 heteroatoms. The number of hydrogen-bond acceptors (Lipinski definition) is 4. The maximum Gasteiger partial charge on any atom is 0.200 e. The molecule has 1 aromatic heterocycles. The van der Waals surface area contributed by atoms with Crippen molar-refractivity contribution in [2.45, 2.75) is 12.7 Å². The van der Waals surface area contributed by atoms with Crippen molar-refractivity contribution in [3.8, 4) is 0 Å². The standard InChI is InChI=1S/C14H15BrN2O2/c1-18-14(19-2)12-7-8-16-13(17-12)9-10-3-5-11(15)6-4-10/h3-8,14H,9H2,1-2H3. The molecule has 100 valence electrons. The third-order valence-electron chi connectivity index (χ3n) is 2.67. The number of rotatable bonds is 5. The molecule has 1 heterocycles. The smallest absolute Gasteiger partial charge is 0.200 e. The Balaban J connectivity index is 2.17. The summed E-state index contributed by atoms with van der Waals surface area (Å²) in [7, 11) is 3.18. The number of methoxy groups -OCH3 is 2. The van der Waals surface area contributed by atoms with Gasteiger partial charge in [0.25, 0.3) is 0 Å². The Morgan fingerprint density at radius 1 is 1.11 bits per heavy atom. The van der Waals surface area contributed by atoms with Gasteiger partial charge in [0.2, 0.25) is 6.29 Å². The van der Waals surface area contributed by atoms with Gasteiger partial charge in [-0.1, -0.05) is 28.1 Å². The van der Waals surface area contributed by atoms with E-state index in [1.165, 1.54) is 0 Å². The van der Waals surface area contributed by atoms with Crippen LogP contribution in [0.3, 0.4) is 0 Å². The number of ether oxygens (including phenoxy) is 2. The molecule has 1 aromatic carbocycles. The summed E-state index contributed by atoms with van der Waals surface area (Å²) in [5, 5.41) is 0. The number of aromatic nitrogens is 2. The molecule has 0 aliphatic heterocycles. The molecule has 2 rings (SSSR count). The van der Waals surface area contributed by atoms with Crippen LogP contribution in [0.25, 0.3) is 0 Å². The quantitative estimate of drug-likeness (QED) is 0.793. The first kappa shape index (κ1) is 14.1. The summed E-state index contributed by atoms with van der Waals surface area (Å²) in [5.41, 5.74) is 1.89. The Bertz CT molecular complexity index is 527. The molecule has 0 saturated heterocycles. The lowest BCUT2D eigenvalue weighted by Gasteiger charge is -2.13. The molecule has 0 saturated carbocycles. The van der Waals surface area contributed by atoms with Crippen molar-refractivity contribution >= 4 is 15.9 Å². The van der Waals surface area contributed by atoms with Gasteiger partial charge in [-0.25, -0.2) is 9.97 Å². The summed E-state index contributed by atoms with van der Waals surface area (Å²) in [4.78, 5) is 8.73. The molecular formula is C14H15BrN2O2. The second-order valence-electron chi connectivity index (χ2n) is 4.00. The van der Waals surface area contributed by atoms with Crippen LogP contribution >= 0.6 is 15.9 Å². The molecular weight excluding hydrogens is 308 g/mol. The summed E-state index contributed by atoms with van der Waals surface area (Å²) in [6.07, 6.45) is 1.95. The van der Waals surface area contributed by atoms with E-state index in [0.29, 0.717) is 6.42 Å². The van der Waals surface area contributed by atoms with Crippen LogP contribution in [0, 0.1) is 0 Å². The van der Waals surface area contributed by atoms with Crippen molar-refractivity contribution in [1.82, 2.24) is 9.97 Å². The van der Waals surface area contributed by atoms with E-state index in [9.17, 15) is 0 Å². The van der Waals surface area contributed by atoms with Gasteiger partial charge in [-0.05, 0) is 23.8 Å². The Kier molecular flexibility index (Phi) is 5.01. The molecule has 0 radical (unpaired) electrons. The monoisotopic (exact) mass is 322 g/mol. The predicted molar refractivity (Wildman–Crippen MR) is 75.7 cm³/mol. The van der Waals surface area contributed by atoms with E-state index < -0.39 is 6.29 Å². The molecule has 4 nitrogen and oxygen atoms in total. The lowest BCUT2D eigenvalue weighted by molar-refractivity contribution is -0.108. The van der Waals surface area contributed by atoms with Crippen LogP contribution < -0.4 is 0 Å². The van der Waals surface area contributed by atoms with Gasteiger partial charge >= 0.3 is 0 Å². The average molecular weight is 323 g/mol. The van der Waals surface area contributed by atoms with E-state index in [2.05, 4.69) is 25.9 Å². The van der Waals surface area contributed by atoms with Gasteiger partial charge in [-0.15, -0.1) is 0 Å². The van der Waals surface area contributed by atoms with Crippen LogP contribution in [-0.4, -0.2) is 24.2 Å². The largest absolute Gasteiger partial charge is 0.350 e. The average Bonchev–Trinajstić information content (AvgIpc) is 2.43. The number of benzene rings is 1. The van der Waals surface area contributed by atoms with Crippen molar-refractivity contribution in [2.24, 2.45) is 0 Å². The Hall–Kier alpha value is -1.30. The van der Waals surface area contributed by atoms with Gasteiger partial charge in [0.05, 0.1) is 5.69 Å². The van der Waals surface area contributed by atoms with Crippen molar-refractivity contribution in [3.63, 3.8) is 0 Å². The molecule has 0 amide bonds. The first-order chi connectivity index (χ1) is 9.22. The zero-order valence-corrected chi connectivity index (χ0v) is 12.4. The maximum atomic E-state index is 5.19. The SMILES string of the molecule is COC(OC)c1ccnc(Cc2ccc(Br)cc2)n1.